The average molecular weight is 391 g/mol. The van der Waals surface area contributed by atoms with Gasteiger partial charge in [0.25, 0.3) is 5.91 Å². The van der Waals surface area contributed by atoms with Crippen molar-refractivity contribution in [3.63, 3.8) is 0 Å². The summed E-state index contributed by atoms with van der Waals surface area (Å²) in [7, 11) is 1.63. The Morgan fingerprint density at radius 1 is 0.897 bits per heavy atom. The zero-order valence-electron chi connectivity index (χ0n) is 16.8. The maximum absolute atomic E-state index is 12.4. The lowest BCUT2D eigenvalue weighted by Crippen LogP contribution is -2.31. The van der Waals surface area contributed by atoms with Crippen LogP contribution in [0.4, 0.5) is 0 Å². The molecule has 1 amide bonds. The number of benzene rings is 3. The van der Waals surface area contributed by atoms with E-state index < -0.39 is 11.9 Å². The summed E-state index contributed by atoms with van der Waals surface area (Å²) in [5.74, 6) is -0.442. The minimum absolute atomic E-state index is 0.155. The lowest BCUT2D eigenvalue weighted by molar-refractivity contribution is -0.149. The monoisotopic (exact) mass is 391 g/mol. The third kappa shape index (κ3) is 5.13. The Bertz CT molecular complexity index is 1000. The van der Waals surface area contributed by atoms with Crippen LogP contribution >= 0.6 is 0 Å². The lowest BCUT2D eigenvalue weighted by Gasteiger charge is -2.16. The number of hydrogen-bond donors (Lipinski definition) is 1. The molecule has 0 heterocycles. The number of rotatable bonds is 7. The van der Waals surface area contributed by atoms with E-state index in [1.54, 1.807) is 14.0 Å². The molecule has 0 spiro atoms. The van der Waals surface area contributed by atoms with Crippen molar-refractivity contribution in [1.82, 2.24) is 5.32 Å². The summed E-state index contributed by atoms with van der Waals surface area (Å²) in [6.07, 6.45) is 0. The Kier molecular flexibility index (Phi) is 6.50. The van der Waals surface area contributed by atoms with Crippen LogP contribution in [0.5, 0.6) is 5.75 Å². The third-order valence-electron chi connectivity index (χ3n) is 4.95. The van der Waals surface area contributed by atoms with Crippen molar-refractivity contribution in [3.05, 3.63) is 77.9 Å². The maximum atomic E-state index is 12.4. The Hall–Kier alpha value is -3.34. The van der Waals surface area contributed by atoms with E-state index in [0.29, 0.717) is 0 Å². The number of ether oxygens (including phenoxy) is 2. The Balaban J connectivity index is 1.57. The summed E-state index contributed by atoms with van der Waals surface area (Å²) in [5.41, 5.74) is 1.83. The van der Waals surface area contributed by atoms with E-state index in [9.17, 15) is 9.59 Å². The van der Waals surface area contributed by atoms with Crippen LogP contribution in [-0.4, -0.2) is 25.6 Å². The highest BCUT2D eigenvalue weighted by atomic mass is 16.5. The van der Waals surface area contributed by atoms with Gasteiger partial charge in [0.1, 0.15) is 5.75 Å². The molecule has 5 nitrogen and oxygen atoms in total. The fraction of sp³-hybridized carbons (Fsp3) is 0.250. The van der Waals surface area contributed by atoms with Gasteiger partial charge in [0.15, 0.2) is 6.61 Å². The fourth-order valence-corrected chi connectivity index (χ4v) is 3.14. The highest BCUT2D eigenvalue weighted by molar-refractivity contribution is 5.87. The second kappa shape index (κ2) is 9.24. The molecule has 1 N–H and O–H groups in total. The molecule has 2 atom stereocenters. The summed E-state index contributed by atoms with van der Waals surface area (Å²) in [6, 6.07) is 21.1. The zero-order chi connectivity index (χ0) is 20.8. The lowest BCUT2D eigenvalue weighted by atomic mass is 9.98. The van der Waals surface area contributed by atoms with Crippen LogP contribution in [0.2, 0.25) is 0 Å². The van der Waals surface area contributed by atoms with Crippen molar-refractivity contribution in [2.75, 3.05) is 13.7 Å². The first-order chi connectivity index (χ1) is 14.0. The first-order valence-electron chi connectivity index (χ1n) is 9.56. The number of hydrogen-bond acceptors (Lipinski definition) is 4. The molecule has 0 saturated heterocycles. The quantitative estimate of drug-likeness (QED) is 0.608. The molecule has 0 bridgehead atoms. The SMILES string of the molecule is COc1ccc2cc([C@H](C)C(=O)OCC(=O)N[C@H](C)c3ccccc3)ccc2c1. The Morgan fingerprint density at radius 2 is 1.59 bits per heavy atom. The summed E-state index contributed by atoms with van der Waals surface area (Å²) < 4.78 is 10.5. The smallest absolute Gasteiger partial charge is 0.313 e. The molecule has 3 aromatic carbocycles. The van der Waals surface area contributed by atoms with Gasteiger partial charge in [-0.3, -0.25) is 9.59 Å². The molecule has 0 aliphatic heterocycles. The van der Waals surface area contributed by atoms with E-state index in [0.717, 1.165) is 27.6 Å². The van der Waals surface area contributed by atoms with Gasteiger partial charge in [-0.05, 0) is 47.9 Å². The number of carbonyl (C=O) groups is 2. The van der Waals surface area contributed by atoms with Gasteiger partial charge in [0, 0.05) is 0 Å². The predicted octanol–water partition coefficient (Wildman–Crippen LogP) is 4.37. The van der Waals surface area contributed by atoms with E-state index in [2.05, 4.69) is 5.32 Å². The summed E-state index contributed by atoms with van der Waals surface area (Å²) in [5, 5.41) is 4.88. The molecule has 3 aromatic rings. The summed E-state index contributed by atoms with van der Waals surface area (Å²) in [6.45, 7) is 3.37. The molecule has 0 unspecified atom stereocenters. The Labute approximate surface area is 170 Å². The van der Waals surface area contributed by atoms with Crippen molar-refractivity contribution >= 4 is 22.6 Å². The fourth-order valence-electron chi connectivity index (χ4n) is 3.14. The van der Waals surface area contributed by atoms with Crippen LogP contribution < -0.4 is 10.1 Å². The second-order valence-corrected chi connectivity index (χ2v) is 7.00. The van der Waals surface area contributed by atoms with Crippen molar-refractivity contribution in [1.29, 1.82) is 0 Å². The molecule has 0 fully saturated rings. The number of methoxy groups -OCH3 is 1. The van der Waals surface area contributed by atoms with Gasteiger partial charge < -0.3 is 14.8 Å². The highest BCUT2D eigenvalue weighted by Crippen LogP contribution is 2.25. The van der Waals surface area contributed by atoms with Gasteiger partial charge in [-0.25, -0.2) is 0 Å². The largest absolute Gasteiger partial charge is 0.497 e. The van der Waals surface area contributed by atoms with Gasteiger partial charge >= 0.3 is 5.97 Å². The van der Waals surface area contributed by atoms with Crippen LogP contribution in [0.15, 0.2) is 66.7 Å². The number of fused-ring (bicyclic) bond motifs is 1. The molecule has 5 heteroatoms. The van der Waals surface area contributed by atoms with E-state index in [1.807, 2.05) is 73.7 Å². The van der Waals surface area contributed by atoms with Gasteiger partial charge in [0.05, 0.1) is 19.1 Å². The van der Waals surface area contributed by atoms with Crippen molar-refractivity contribution < 1.29 is 19.1 Å². The third-order valence-corrected chi connectivity index (χ3v) is 4.95. The van der Waals surface area contributed by atoms with Crippen molar-refractivity contribution in [2.45, 2.75) is 25.8 Å². The van der Waals surface area contributed by atoms with E-state index in [4.69, 9.17) is 9.47 Å². The number of nitrogens with one attached hydrogen (secondary N) is 1. The van der Waals surface area contributed by atoms with Crippen molar-refractivity contribution in [2.24, 2.45) is 0 Å². The van der Waals surface area contributed by atoms with Gasteiger partial charge in [-0.15, -0.1) is 0 Å². The molecule has 150 valence electrons. The molecule has 0 saturated carbocycles. The van der Waals surface area contributed by atoms with Gasteiger partial charge in [-0.2, -0.15) is 0 Å². The van der Waals surface area contributed by atoms with Crippen LogP contribution in [0.1, 0.15) is 36.9 Å². The first kappa shape index (κ1) is 20.4. The van der Waals surface area contributed by atoms with E-state index >= 15 is 0 Å². The van der Waals surface area contributed by atoms with Crippen LogP contribution in [0.25, 0.3) is 10.8 Å². The van der Waals surface area contributed by atoms with Crippen LogP contribution in [0, 0.1) is 0 Å². The standard InChI is InChI=1S/C24H25NO4/c1-16(19-9-10-21-14-22(28-3)12-11-20(21)13-19)24(27)29-15-23(26)25-17(2)18-7-5-4-6-8-18/h4-14,16-17H,15H2,1-3H3,(H,25,26)/t16-,17+/m0/s1. The average Bonchev–Trinajstić information content (AvgIpc) is 2.76. The van der Waals surface area contributed by atoms with Crippen LogP contribution in [0.3, 0.4) is 0 Å². The Morgan fingerprint density at radius 3 is 2.31 bits per heavy atom. The second-order valence-electron chi connectivity index (χ2n) is 7.00. The minimum atomic E-state index is -0.471. The number of carbonyl (C=O) groups excluding carboxylic acids is 2. The van der Waals surface area contributed by atoms with Gasteiger partial charge in [0.2, 0.25) is 0 Å². The molecule has 29 heavy (non-hydrogen) atoms. The number of amides is 1. The van der Waals surface area contributed by atoms with Gasteiger partial charge in [-0.1, -0.05) is 54.6 Å². The molecule has 3 rings (SSSR count). The molecule has 0 radical (unpaired) electrons. The molecular formula is C24H25NO4. The van der Waals surface area contributed by atoms with Crippen LogP contribution in [-0.2, 0) is 14.3 Å². The molecule has 0 aliphatic carbocycles. The first-order valence-corrected chi connectivity index (χ1v) is 9.56. The summed E-state index contributed by atoms with van der Waals surface area (Å²) >= 11 is 0. The van der Waals surface area contributed by atoms with E-state index in [1.165, 1.54) is 0 Å². The molecule has 0 aliphatic rings. The highest BCUT2D eigenvalue weighted by Gasteiger charge is 2.19. The molecule has 0 aromatic heterocycles. The number of esters is 1. The molecular weight excluding hydrogens is 366 g/mol. The predicted molar refractivity (Wildman–Crippen MR) is 113 cm³/mol. The normalized spacial score (nSPS) is 12.8. The van der Waals surface area contributed by atoms with Crippen molar-refractivity contribution in [3.8, 4) is 5.75 Å². The maximum Gasteiger partial charge on any atom is 0.313 e. The summed E-state index contributed by atoms with van der Waals surface area (Å²) in [4.78, 5) is 24.5. The topological polar surface area (TPSA) is 64.6 Å². The van der Waals surface area contributed by atoms with E-state index in [-0.39, 0.29) is 18.6 Å². The zero-order valence-corrected chi connectivity index (χ0v) is 16.8. The minimum Gasteiger partial charge on any atom is -0.497 e.